The maximum absolute atomic E-state index is 11.7. The van der Waals surface area contributed by atoms with Gasteiger partial charge in [-0.05, 0) is 12.3 Å². The van der Waals surface area contributed by atoms with Crippen molar-refractivity contribution in [3.63, 3.8) is 0 Å². The van der Waals surface area contributed by atoms with Gasteiger partial charge in [0.1, 0.15) is 6.54 Å². The molecule has 0 rings (SSSR count). The minimum Gasteiger partial charge on any atom is -0.383 e. The molecule has 138 valence electrons. The van der Waals surface area contributed by atoms with E-state index in [1.165, 1.54) is 19.3 Å². The van der Waals surface area contributed by atoms with Crippen LogP contribution in [0.1, 0.15) is 39.5 Å². The zero-order valence-corrected chi connectivity index (χ0v) is 17.7. The molecule has 0 heterocycles. The minimum absolute atomic E-state index is 0. The van der Waals surface area contributed by atoms with E-state index in [0.29, 0.717) is 25.0 Å². The maximum Gasteiger partial charge on any atom is 0.243 e. The lowest BCUT2D eigenvalue weighted by molar-refractivity contribution is -0.127. The number of carbonyl (C=O) groups excluding carboxylic acids is 1. The van der Waals surface area contributed by atoms with Gasteiger partial charge in [0, 0.05) is 34.3 Å². The Balaban J connectivity index is 0. The molecule has 0 aliphatic heterocycles. The summed E-state index contributed by atoms with van der Waals surface area (Å²) in [6, 6.07) is 0. The Morgan fingerprint density at radius 1 is 1.26 bits per heavy atom. The van der Waals surface area contributed by atoms with Crippen molar-refractivity contribution in [3.8, 4) is 0 Å². The van der Waals surface area contributed by atoms with Crippen LogP contribution in [0.3, 0.4) is 0 Å². The molecule has 0 aromatic heterocycles. The van der Waals surface area contributed by atoms with Crippen LogP contribution in [0.25, 0.3) is 0 Å². The van der Waals surface area contributed by atoms with Gasteiger partial charge in [-0.15, -0.1) is 24.0 Å². The summed E-state index contributed by atoms with van der Waals surface area (Å²) in [6.07, 6.45) is 4.85. The van der Waals surface area contributed by atoms with Crippen molar-refractivity contribution < 1.29 is 9.53 Å². The van der Waals surface area contributed by atoms with Crippen LogP contribution in [-0.2, 0) is 9.53 Å². The number of likely N-dealkylation sites (N-methyl/N-ethyl adjacent to an activating group) is 1. The molecule has 0 aliphatic rings. The number of nitrogens with one attached hydrogen (secondary N) is 2. The average molecular weight is 442 g/mol. The van der Waals surface area contributed by atoms with Gasteiger partial charge >= 0.3 is 0 Å². The Hall–Kier alpha value is -0.570. The van der Waals surface area contributed by atoms with Gasteiger partial charge in [-0.1, -0.05) is 33.1 Å². The summed E-state index contributed by atoms with van der Waals surface area (Å²) in [5.74, 6) is 1.31. The molecule has 1 atom stereocenters. The predicted molar refractivity (Wildman–Crippen MR) is 108 cm³/mol. The summed E-state index contributed by atoms with van der Waals surface area (Å²) in [4.78, 5) is 17.6. The Morgan fingerprint density at radius 3 is 2.48 bits per heavy atom. The Kier molecular flexibility index (Phi) is 17.5. The molecule has 23 heavy (non-hydrogen) atoms. The number of aliphatic imine (C=N–C) groups is 1. The van der Waals surface area contributed by atoms with Gasteiger partial charge in [0.2, 0.25) is 5.91 Å². The van der Waals surface area contributed by atoms with Crippen molar-refractivity contribution in [1.29, 1.82) is 0 Å². The molecule has 0 fully saturated rings. The molecule has 6 nitrogen and oxygen atoms in total. The first-order chi connectivity index (χ1) is 10.5. The molecule has 0 saturated heterocycles. The zero-order chi connectivity index (χ0) is 16.8. The molecule has 0 saturated carbocycles. The van der Waals surface area contributed by atoms with Crippen LogP contribution in [0.4, 0.5) is 0 Å². The Morgan fingerprint density at radius 2 is 1.96 bits per heavy atom. The van der Waals surface area contributed by atoms with Gasteiger partial charge in [0.05, 0.1) is 6.61 Å². The van der Waals surface area contributed by atoms with E-state index >= 15 is 0 Å². The fourth-order valence-corrected chi connectivity index (χ4v) is 1.92. The van der Waals surface area contributed by atoms with Gasteiger partial charge in [0.15, 0.2) is 5.96 Å². The Bertz CT molecular complexity index is 325. The quantitative estimate of drug-likeness (QED) is 0.223. The number of methoxy groups -OCH3 is 1. The molecule has 1 unspecified atom stereocenters. The smallest absolute Gasteiger partial charge is 0.243 e. The standard InChI is InChI=1S/C16H34N4O2.HI/c1-6-8-9-14(7-2)12-18-16(17-10-11-22-5)19-13-15(21)20(3)4;/h14H,6-13H2,1-5H3,(H2,17,18,19);1H. The second-order valence-electron chi connectivity index (χ2n) is 5.67. The van der Waals surface area contributed by atoms with Crippen LogP contribution < -0.4 is 10.6 Å². The summed E-state index contributed by atoms with van der Waals surface area (Å²) in [5.41, 5.74) is 0. The number of nitrogens with zero attached hydrogens (tertiary/aromatic N) is 2. The van der Waals surface area contributed by atoms with Crippen LogP contribution in [0.5, 0.6) is 0 Å². The van der Waals surface area contributed by atoms with Crippen LogP contribution >= 0.6 is 24.0 Å². The molecule has 0 spiro atoms. The van der Waals surface area contributed by atoms with Crippen LogP contribution in [0, 0.1) is 5.92 Å². The van der Waals surface area contributed by atoms with Crippen LogP contribution in [-0.4, -0.2) is 64.2 Å². The molecule has 0 aromatic carbocycles. The lowest BCUT2D eigenvalue weighted by atomic mass is 9.99. The van der Waals surface area contributed by atoms with Crippen molar-refractivity contribution in [2.24, 2.45) is 10.9 Å². The largest absolute Gasteiger partial charge is 0.383 e. The van der Waals surface area contributed by atoms with Gasteiger partial charge in [-0.3, -0.25) is 4.79 Å². The molecule has 0 aromatic rings. The third kappa shape index (κ3) is 13.6. The fraction of sp³-hybridized carbons (Fsp3) is 0.875. The van der Waals surface area contributed by atoms with Gasteiger partial charge in [0.25, 0.3) is 0 Å². The van der Waals surface area contributed by atoms with Gasteiger partial charge in [-0.2, -0.15) is 0 Å². The van der Waals surface area contributed by atoms with Crippen molar-refractivity contribution >= 4 is 35.8 Å². The number of amides is 1. The molecular weight excluding hydrogens is 407 g/mol. The molecule has 1 amide bonds. The number of carbonyl (C=O) groups is 1. The summed E-state index contributed by atoms with van der Waals surface area (Å²) < 4.78 is 5.04. The van der Waals surface area contributed by atoms with Gasteiger partial charge < -0.3 is 20.3 Å². The topological polar surface area (TPSA) is 66.0 Å². The molecule has 0 aliphatic carbocycles. The molecule has 0 radical (unpaired) electrons. The summed E-state index contributed by atoms with van der Waals surface area (Å²) in [7, 11) is 5.14. The normalized spacial score (nSPS) is 12.3. The van der Waals surface area contributed by atoms with E-state index in [1.54, 1.807) is 26.1 Å². The first kappa shape index (κ1) is 24.7. The molecular formula is C16H35IN4O2. The SMILES string of the molecule is CCCCC(CC)CNC(=NCC(=O)N(C)C)NCCOC.I. The van der Waals surface area contributed by atoms with E-state index in [-0.39, 0.29) is 36.4 Å². The van der Waals surface area contributed by atoms with E-state index in [4.69, 9.17) is 4.74 Å². The Labute approximate surface area is 158 Å². The highest BCUT2D eigenvalue weighted by atomic mass is 127. The zero-order valence-electron chi connectivity index (χ0n) is 15.4. The predicted octanol–water partition coefficient (Wildman–Crippen LogP) is 2.09. The lowest BCUT2D eigenvalue weighted by Crippen LogP contribution is -2.42. The van der Waals surface area contributed by atoms with Crippen LogP contribution in [0.2, 0.25) is 0 Å². The molecule has 7 heteroatoms. The molecule has 0 bridgehead atoms. The monoisotopic (exact) mass is 442 g/mol. The number of guanidine groups is 1. The fourth-order valence-electron chi connectivity index (χ4n) is 1.92. The number of ether oxygens (including phenoxy) is 1. The highest BCUT2D eigenvalue weighted by Crippen LogP contribution is 2.10. The third-order valence-electron chi connectivity index (χ3n) is 3.57. The summed E-state index contributed by atoms with van der Waals surface area (Å²) >= 11 is 0. The highest BCUT2D eigenvalue weighted by Gasteiger charge is 2.08. The van der Waals surface area contributed by atoms with E-state index in [1.807, 2.05) is 0 Å². The van der Waals surface area contributed by atoms with Crippen molar-refractivity contribution in [3.05, 3.63) is 0 Å². The second-order valence-corrected chi connectivity index (χ2v) is 5.67. The van der Waals surface area contributed by atoms with E-state index < -0.39 is 0 Å². The summed E-state index contributed by atoms with van der Waals surface area (Å²) in [6.45, 7) is 6.74. The molecule has 2 N–H and O–H groups in total. The maximum atomic E-state index is 11.7. The first-order valence-corrected chi connectivity index (χ1v) is 8.26. The first-order valence-electron chi connectivity index (χ1n) is 8.26. The lowest BCUT2D eigenvalue weighted by Gasteiger charge is -2.18. The number of rotatable bonds is 11. The summed E-state index contributed by atoms with van der Waals surface area (Å²) in [5, 5.41) is 6.54. The van der Waals surface area contributed by atoms with E-state index in [2.05, 4.69) is 29.5 Å². The van der Waals surface area contributed by atoms with Crippen molar-refractivity contribution in [2.45, 2.75) is 39.5 Å². The van der Waals surface area contributed by atoms with E-state index in [9.17, 15) is 4.79 Å². The second kappa shape index (κ2) is 16.3. The van der Waals surface area contributed by atoms with E-state index in [0.717, 1.165) is 13.0 Å². The number of hydrogen-bond donors (Lipinski definition) is 2. The number of hydrogen-bond acceptors (Lipinski definition) is 3. The van der Waals surface area contributed by atoms with Crippen LogP contribution in [0.15, 0.2) is 4.99 Å². The number of halogens is 1. The third-order valence-corrected chi connectivity index (χ3v) is 3.57. The van der Waals surface area contributed by atoms with Crippen molar-refractivity contribution in [2.75, 3.05) is 47.4 Å². The van der Waals surface area contributed by atoms with Crippen molar-refractivity contribution in [1.82, 2.24) is 15.5 Å². The highest BCUT2D eigenvalue weighted by molar-refractivity contribution is 14.0. The van der Waals surface area contributed by atoms with Gasteiger partial charge in [-0.25, -0.2) is 4.99 Å². The minimum atomic E-state index is -0.00846. The number of unbranched alkanes of at least 4 members (excludes halogenated alkanes) is 1. The average Bonchev–Trinajstić information content (AvgIpc) is 2.51.